The van der Waals surface area contributed by atoms with Gasteiger partial charge in [-0.3, -0.25) is 4.79 Å². The number of hydrogen-bond acceptors (Lipinski definition) is 5. The minimum atomic E-state index is -0.992. The van der Waals surface area contributed by atoms with E-state index in [1.807, 2.05) is 26.8 Å². The minimum absolute atomic E-state index is 0.311. The minimum Gasteiger partial charge on any atom is -0.495 e. The van der Waals surface area contributed by atoms with Gasteiger partial charge < -0.3 is 19.5 Å². The molecule has 6 nitrogen and oxygen atoms in total. The molecule has 0 aromatic heterocycles. The van der Waals surface area contributed by atoms with Gasteiger partial charge in [0.25, 0.3) is 5.91 Å². The molecule has 2 aromatic rings. The normalized spacial score (nSPS) is 11.5. The van der Waals surface area contributed by atoms with E-state index in [9.17, 15) is 9.59 Å². The summed E-state index contributed by atoms with van der Waals surface area (Å²) in [5.74, 6) is -0.0128. The van der Waals surface area contributed by atoms with E-state index in [1.165, 1.54) is 14.0 Å². The number of methoxy groups -OCH3 is 1. The first-order valence-corrected chi connectivity index (χ1v) is 9.13. The van der Waals surface area contributed by atoms with Crippen molar-refractivity contribution in [2.24, 2.45) is 0 Å². The third-order valence-electron chi connectivity index (χ3n) is 4.05. The van der Waals surface area contributed by atoms with Gasteiger partial charge >= 0.3 is 5.97 Å². The number of hydrogen-bond donors (Lipinski definition) is 1. The molecule has 0 heterocycles. The van der Waals surface area contributed by atoms with Crippen LogP contribution in [0.25, 0.3) is 0 Å². The lowest BCUT2D eigenvalue weighted by Gasteiger charge is -2.16. The van der Waals surface area contributed by atoms with Crippen molar-refractivity contribution in [1.29, 1.82) is 0 Å². The fourth-order valence-corrected chi connectivity index (χ4v) is 3.02. The molecule has 2 aromatic carbocycles. The van der Waals surface area contributed by atoms with Crippen molar-refractivity contribution in [1.82, 2.24) is 0 Å². The molecule has 0 unspecified atom stereocenters. The van der Waals surface area contributed by atoms with Crippen molar-refractivity contribution in [3.8, 4) is 11.5 Å². The molecule has 0 aliphatic rings. The first kappa shape index (κ1) is 21.6. The highest BCUT2D eigenvalue weighted by molar-refractivity contribution is 6.30. The fourth-order valence-electron chi connectivity index (χ4n) is 2.69. The highest BCUT2D eigenvalue weighted by Gasteiger charge is 2.20. The highest BCUT2D eigenvalue weighted by atomic mass is 35.5. The lowest BCUT2D eigenvalue weighted by Crippen LogP contribution is -2.31. The number of nitrogens with one attached hydrogen (secondary N) is 1. The predicted octanol–water partition coefficient (Wildman–Crippen LogP) is 4.22. The second kappa shape index (κ2) is 9.46. The monoisotopic (exact) mass is 405 g/mol. The van der Waals surface area contributed by atoms with Crippen LogP contribution >= 0.6 is 11.6 Å². The number of carbonyl (C=O) groups excluding carboxylic acids is 2. The SMILES string of the molecule is COc1ccc(C)cc1NC(=O)[C@H](C)OC(=O)COc1c(C)cc(Cl)cc1C. The summed E-state index contributed by atoms with van der Waals surface area (Å²) in [5, 5.41) is 3.31. The van der Waals surface area contributed by atoms with E-state index >= 15 is 0 Å². The number of halogens is 1. The van der Waals surface area contributed by atoms with Crippen LogP contribution in [0.3, 0.4) is 0 Å². The molecule has 150 valence electrons. The van der Waals surface area contributed by atoms with Crippen LogP contribution in [-0.4, -0.2) is 31.7 Å². The average Bonchev–Trinajstić information content (AvgIpc) is 2.60. The van der Waals surface area contributed by atoms with Crippen molar-refractivity contribution in [3.63, 3.8) is 0 Å². The second-order valence-electron chi connectivity index (χ2n) is 6.48. The third-order valence-corrected chi connectivity index (χ3v) is 4.27. The molecule has 0 saturated carbocycles. The van der Waals surface area contributed by atoms with Crippen LogP contribution in [0.2, 0.25) is 5.02 Å². The number of aryl methyl sites for hydroxylation is 3. The van der Waals surface area contributed by atoms with Gasteiger partial charge in [0.05, 0.1) is 12.8 Å². The summed E-state index contributed by atoms with van der Waals surface area (Å²) in [6.45, 7) is 6.76. The van der Waals surface area contributed by atoms with Crippen molar-refractivity contribution in [3.05, 3.63) is 52.0 Å². The fraction of sp³-hybridized carbons (Fsp3) is 0.333. The zero-order valence-corrected chi connectivity index (χ0v) is 17.3. The molecule has 0 radical (unpaired) electrons. The van der Waals surface area contributed by atoms with E-state index in [0.717, 1.165) is 16.7 Å². The van der Waals surface area contributed by atoms with Crippen molar-refractivity contribution in [2.45, 2.75) is 33.8 Å². The summed E-state index contributed by atoms with van der Waals surface area (Å²) in [6, 6.07) is 8.91. The molecule has 0 fully saturated rings. The topological polar surface area (TPSA) is 73.9 Å². The number of amides is 1. The average molecular weight is 406 g/mol. The summed E-state index contributed by atoms with van der Waals surface area (Å²) in [7, 11) is 1.52. The van der Waals surface area contributed by atoms with E-state index in [4.69, 9.17) is 25.8 Å². The van der Waals surface area contributed by atoms with Gasteiger partial charge in [-0.05, 0) is 68.7 Å². The lowest BCUT2D eigenvalue weighted by atomic mass is 10.1. The van der Waals surface area contributed by atoms with Crippen LogP contribution in [-0.2, 0) is 14.3 Å². The molecule has 28 heavy (non-hydrogen) atoms. The van der Waals surface area contributed by atoms with E-state index in [1.54, 1.807) is 24.3 Å². The van der Waals surface area contributed by atoms with Gasteiger partial charge in [0.1, 0.15) is 11.5 Å². The second-order valence-corrected chi connectivity index (χ2v) is 6.92. The molecule has 2 rings (SSSR count). The zero-order chi connectivity index (χ0) is 20.8. The Kier molecular flexibility index (Phi) is 7.29. The maximum absolute atomic E-state index is 12.3. The lowest BCUT2D eigenvalue weighted by molar-refractivity contribution is -0.155. The first-order valence-electron chi connectivity index (χ1n) is 8.75. The predicted molar refractivity (Wildman–Crippen MR) is 108 cm³/mol. The van der Waals surface area contributed by atoms with E-state index < -0.39 is 18.0 Å². The van der Waals surface area contributed by atoms with Crippen LogP contribution in [0.15, 0.2) is 30.3 Å². The van der Waals surface area contributed by atoms with Crippen molar-refractivity contribution in [2.75, 3.05) is 19.0 Å². The van der Waals surface area contributed by atoms with E-state index in [0.29, 0.717) is 22.2 Å². The standard InChI is InChI=1S/C21H24ClNO5/c1-12-6-7-18(26-5)17(8-12)23-21(25)15(4)28-19(24)11-27-20-13(2)9-16(22)10-14(20)3/h6-10,15H,11H2,1-5H3,(H,23,25)/t15-/m0/s1. The Hall–Kier alpha value is -2.73. The first-order chi connectivity index (χ1) is 13.2. The highest BCUT2D eigenvalue weighted by Crippen LogP contribution is 2.27. The van der Waals surface area contributed by atoms with Crippen LogP contribution in [0.1, 0.15) is 23.6 Å². The molecule has 0 bridgehead atoms. The smallest absolute Gasteiger partial charge is 0.344 e. The number of esters is 1. The largest absolute Gasteiger partial charge is 0.495 e. The third kappa shape index (κ3) is 5.63. The van der Waals surface area contributed by atoms with Crippen LogP contribution in [0.4, 0.5) is 5.69 Å². The molecule has 7 heteroatoms. The maximum Gasteiger partial charge on any atom is 0.344 e. The van der Waals surface area contributed by atoms with Crippen LogP contribution in [0, 0.1) is 20.8 Å². The molecule has 0 aliphatic carbocycles. The number of carbonyl (C=O) groups is 2. The van der Waals surface area contributed by atoms with E-state index in [-0.39, 0.29) is 6.61 Å². The summed E-state index contributed by atoms with van der Waals surface area (Å²) < 4.78 is 15.9. The quantitative estimate of drug-likeness (QED) is 0.698. The van der Waals surface area contributed by atoms with Crippen molar-refractivity contribution >= 4 is 29.2 Å². The molecule has 0 aliphatic heterocycles. The molecule has 1 amide bonds. The number of rotatable bonds is 7. The van der Waals surface area contributed by atoms with Gasteiger partial charge in [0.2, 0.25) is 0 Å². The van der Waals surface area contributed by atoms with Crippen molar-refractivity contribution < 1.29 is 23.8 Å². The number of benzene rings is 2. The van der Waals surface area contributed by atoms with Gasteiger partial charge in [-0.15, -0.1) is 0 Å². The summed E-state index contributed by atoms with van der Waals surface area (Å²) in [6.07, 6.45) is -0.992. The Labute approximate surface area is 169 Å². The van der Waals surface area contributed by atoms with Gasteiger partial charge in [0.15, 0.2) is 12.7 Å². The van der Waals surface area contributed by atoms with Gasteiger partial charge in [-0.1, -0.05) is 17.7 Å². The Balaban J connectivity index is 1.93. The Morgan fingerprint density at radius 1 is 1.11 bits per heavy atom. The van der Waals surface area contributed by atoms with Crippen LogP contribution < -0.4 is 14.8 Å². The summed E-state index contributed by atoms with van der Waals surface area (Å²) in [4.78, 5) is 24.4. The number of anilines is 1. The number of ether oxygens (including phenoxy) is 3. The van der Waals surface area contributed by atoms with Gasteiger partial charge in [-0.2, -0.15) is 0 Å². The molecule has 0 saturated heterocycles. The summed E-state index contributed by atoms with van der Waals surface area (Å²) >= 11 is 5.99. The Bertz CT molecular complexity index is 858. The van der Waals surface area contributed by atoms with E-state index in [2.05, 4.69) is 5.32 Å². The molecule has 1 N–H and O–H groups in total. The van der Waals surface area contributed by atoms with Crippen LogP contribution in [0.5, 0.6) is 11.5 Å². The van der Waals surface area contributed by atoms with Gasteiger partial charge in [0, 0.05) is 5.02 Å². The molecule has 1 atom stereocenters. The van der Waals surface area contributed by atoms with Gasteiger partial charge in [-0.25, -0.2) is 4.79 Å². The molecular formula is C21H24ClNO5. The maximum atomic E-state index is 12.3. The zero-order valence-electron chi connectivity index (χ0n) is 16.6. The molecule has 0 spiro atoms. The molecular weight excluding hydrogens is 382 g/mol. The Morgan fingerprint density at radius 3 is 2.36 bits per heavy atom. The summed E-state index contributed by atoms with van der Waals surface area (Å²) in [5.41, 5.74) is 3.10. The Morgan fingerprint density at radius 2 is 1.75 bits per heavy atom.